The van der Waals surface area contributed by atoms with Crippen LogP contribution >= 0.6 is 0 Å². The number of aromatic nitrogens is 1. The summed E-state index contributed by atoms with van der Waals surface area (Å²) in [4.78, 5) is 3.28. The predicted molar refractivity (Wildman–Crippen MR) is 69.1 cm³/mol. The highest BCUT2D eigenvalue weighted by Crippen LogP contribution is 2.24. The number of aliphatic hydroxyl groups is 1. The second kappa shape index (κ2) is 4.17. The van der Waals surface area contributed by atoms with Gasteiger partial charge in [0.2, 0.25) is 0 Å². The molecule has 1 unspecified atom stereocenters. The van der Waals surface area contributed by atoms with E-state index in [9.17, 15) is 5.11 Å². The molecular formula is C14H18N2O. The Morgan fingerprint density at radius 1 is 1.29 bits per heavy atom. The number of aromatic amines is 1. The van der Waals surface area contributed by atoms with E-state index >= 15 is 0 Å². The smallest absolute Gasteiger partial charge is 0.0786 e. The van der Waals surface area contributed by atoms with Crippen LogP contribution in [0.1, 0.15) is 18.4 Å². The molecule has 0 spiro atoms. The minimum Gasteiger partial charge on any atom is -0.389 e. The van der Waals surface area contributed by atoms with Crippen LogP contribution in [0.4, 0.5) is 0 Å². The maximum atomic E-state index is 10.3. The summed E-state index contributed by atoms with van der Waals surface area (Å²) in [5, 5.41) is 14.8. The fraction of sp³-hybridized carbons (Fsp3) is 0.429. The van der Waals surface area contributed by atoms with Gasteiger partial charge in [-0.05, 0) is 37.4 Å². The van der Waals surface area contributed by atoms with Crippen molar-refractivity contribution in [2.75, 3.05) is 13.1 Å². The third-order valence-corrected chi connectivity index (χ3v) is 3.76. The van der Waals surface area contributed by atoms with Crippen LogP contribution in [-0.4, -0.2) is 28.8 Å². The third-order valence-electron chi connectivity index (χ3n) is 3.76. The number of hydrogen-bond acceptors (Lipinski definition) is 2. The maximum absolute atomic E-state index is 10.3. The van der Waals surface area contributed by atoms with Gasteiger partial charge in [0, 0.05) is 23.6 Å². The number of fused-ring (bicyclic) bond motifs is 1. The molecular weight excluding hydrogens is 212 g/mol. The Labute approximate surface area is 101 Å². The number of para-hydroxylation sites is 1. The summed E-state index contributed by atoms with van der Waals surface area (Å²) in [5.74, 6) is 0. The fourth-order valence-electron chi connectivity index (χ4n) is 2.65. The normalized spacial score (nSPS) is 24.5. The second-order valence-electron chi connectivity index (χ2n) is 5.01. The van der Waals surface area contributed by atoms with E-state index < -0.39 is 5.60 Å². The zero-order chi connectivity index (χ0) is 11.7. The number of nitrogens with one attached hydrogen (secondary N) is 2. The summed E-state index contributed by atoms with van der Waals surface area (Å²) < 4.78 is 0. The first-order valence-corrected chi connectivity index (χ1v) is 6.25. The first-order chi connectivity index (χ1) is 8.27. The van der Waals surface area contributed by atoms with Crippen LogP contribution in [0.3, 0.4) is 0 Å². The molecule has 90 valence electrons. The number of rotatable bonds is 3. The van der Waals surface area contributed by atoms with Gasteiger partial charge in [0.25, 0.3) is 0 Å². The molecule has 0 bridgehead atoms. The molecule has 2 aromatic rings. The highest BCUT2D eigenvalue weighted by Gasteiger charge is 2.30. The monoisotopic (exact) mass is 230 g/mol. The van der Waals surface area contributed by atoms with Gasteiger partial charge in [0.05, 0.1) is 5.60 Å². The van der Waals surface area contributed by atoms with E-state index in [0.717, 1.165) is 32.4 Å². The highest BCUT2D eigenvalue weighted by atomic mass is 16.3. The first-order valence-electron chi connectivity index (χ1n) is 6.25. The largest absolute Gasteiger partial charge is 0.389 e. The van der Waals surface area contributed by atoms with Crippen LogP contribution in [0.15, 0.2) is 30.5 Å². The molecule has 17 heavy (non-hydrogen) atoms. The molecule has 3 nitrogen and oxygen atoms in total. The molecule has 1 aromatic carbocycles. The standard InChI is InChI=1S/C14H18N2O/c17-14(7-8-15-10-14)6-5-11-9-16-13-4-2-1-3-12(11)13/h1-4,9,15-17H,5-8,10H2. The van der Waals surface area contributed by atoms with Gasteiger partial charge < -0.3 is 15.4 Å². The molecule has 0 aliphatic carbocycles. The topological polar surface area (TPSA) is 48.0 Å². The van der Waals surface area contributed by atoms with Crippen molar-refractivity contribution in [2.45, 2.75) is 24.9 Å². The van der Waals surface area contributed by atoms with Gasteiger partial charge in [0.15, 0.2) is 0 Å². The van der Waals surface area contributed by atoms with Crippen molar-refractivity contribution in [1.82, 2.24) is 10.3 Å². The van der Waals surface area contributed by atoms with Crippen molar-refractivity contribution in [3.05, 3.63) is 36.0 Å². The van der Waals surface area contributed by atoms with Crippen LogP contribution < -0.4 is 5.32 Å². The summed E-state index contributed by atoms with van der Waals surface area (Å²) in [7, 11) is 0. The van der Waals surface area contributed by atoms with Crippen LogP contribution in [0.5, 0.6) is 0 Å². The Bertz CT molecular complexity index is 512. The summed E-state index contributed by atoms with van der Waals surface area (Å²) >= 11 is 0. The van der Waals surface area contributed by atoms with E-state index in [1.807, 2.05) is 6.07 Å². The predicted octanol–water partition coefficient (Wildman–Crippen LogP) is 1.82. The van der Waals surface area contributed by atoms with E-state index in [0.29, 0.717) is 0 Å². The molecule has 1 aromatic heterocycles. The second-order valence-corrected chi connectivity index (χ2v) is 5.01. The van der Waals surface area contributed by atoms with E-state index in [1.165, 1.54) is 16.5 Å². The summed E-state index contributed by atoms with van der Waals surface area (Å²) in [6, 6.07) is 8.32. The quantitative estimate of drug-likeness (QED) is 0.753. The van der Waals surface area contributed by atoms with Gasteiger partial charge in [-0.3, -0.25) is 0 Å². The Morgan fingerprint density at radius 2 is 2.18 bits per heavy atom. The number of β-amino-alcohol motifs (C(OH)–C–C–N with tert-alkyl or cyclic N) is 1. The average molecular weight is 230 g/mol. The van der Waals surface area contributed by atoms with Gasteiger partial charge >= 0.3 is 0 Å². The molecule has 0 saturated carbocycles. The molecule has 1 saturated heterocycles. The van der Waals surface area contributed by atoms with E-state index in [1.54, 1.807) is 0 Å². The lowest BCUT2D eigenvalue weighted by Gasteiger charge is -2.20. The number of H-pyrrole nitrogens is 1. The van der Waals surface area contributed by atoms with E-state index in [4.69, 9.17) is 0 Å². The zero-order valence-electron chi connectivity index (χ0n) is 9.87. The molecule has 1 aliphatic heterocycles. The highest BCUT2D eigenvalue weighted by molar-refractivity contribution is 5.83. The average Bonchev–Trinajstić information content (AvgIpc) is 2.94. The summed E-state index contributed by atoms with van der Waals surface area (Å²) in [6.45, 7) is 1.67. The van der Waals surface area contributed by atoms with Gasteiger partial charge in [-0.15, -0.1) is 0 Å². The van der Waals surface area contributed by atoms with Crippen molar-refractivity contribution >= 4 is 10.9 Å². The Hall–Kier alpha value is -1.32. The van der Waals surface area contributed by atoms with Gasteiger partial charge in [-0.2, -0.15) is 0 Å². The van der Waals surface area contributed by atoms with Crippen molar-refractivity contribution in [1.29, 1.82) is 0 Å². The molecule has 3 rings (SSSR count). The molecule has 3 heteroatoms. The van der Waals surface area contributed by atoms with E-state index in [-0.39, 0.29) is 0 Å². The minimum atomic E-state index is -0.502. The van der Waals surface area contributed by atoms with Gasteiger partial charge in [-0.25, -0.2) is 0 Å². The van der Waals surface area contributed by atoms with Crippen LogP contribution in [0, 0.1) is 0 Å². The molecule has 1 aliphatic rings. The SMILES string of the molecule is OC1(CCc2c[nH]c3ccccc23)CCNC1. The van der Waals surface area contributed by atoms with Crippen molar-refractivity contribution in [3.63, 3.8) is 0 Å². The van der Waals surface area contributed by atoms with Gasteiger partial charge in [0.1, 0.15) is 0 Å². The fourth-order valence-corrected chi connectivity index (χ4v) is 2.65. The Morgan fingerprint density at radius 3 is 3.00 bits per heavy atom. The molecule has 1 atom stereocenters. The van der Waals surface area contributed by atoms with Gasteiger partial charge in [-0.1, -0.05) is 18.2 Å². The number of aryl methyl sites for hydroxylation is 1. The summed E-state index contributed by atoms with van der Waals surface area (Å²) in [6.07, 6.45) is 4.70. The van der Waals surface area contributed by atoms with Crippen molar-refractivity contribution in [3.8, 4) is 0 Å². The van der Waals surface area contributed by atoms with Crippen LogP contribution in [0.25, 0.3) is 10.9 Å². The van der Waals surface area contributed by atoms with Crippen molar-refractivity contribution in [2.24, 2.45) is 0 Å². The lowest BCUT2D eigenvalue weighted by Crippen LogP contribution is -2.31. The molecule has 1 fully saturated rings. The van der Waals surface area contributed by atoms with E-state index in [2.05, 4.69) is 34.7 Å². The Kier molecular flexibility index (Phi) is 2.65. The molecule has 2 heterocycles. The Balaban J connectivity index is 1.76. The minimum absolute atomic E-state index is 0.502. The van der Waals surface area contributed by atoms with Crippen molar-refractivity contribution < 1.29 is 5.11 Å². The summed E-state index contributed by atoms with van der Waals surface area (Å²) in [5.41, 5.74) is 1.98. The lowest BCUT2D eigenvalue weighted by atomic mass is 9.94. The number of benzene rings is 1. The zero-order valence-corrected chi connectivity index (χ0v) is 9.87. The van der Waals surface area contributed by atoms with Crippen LogP contribution in [0.2, 0.25) is 0 Å². The molecule has 0 amide bonds. The first kappa shape index (κ1) is 10.8. The molecule has 0 radical (unpaired) electrons. The number of hydrogen-bond donors (Lipinski definition) is 3. The lowest BCUT2D eigenvalue weighted by molar-refractivity contribution is 0.0527. The maximum Gasteiger partial charge on any atom is 0.0786 e. The molecule has 3 N–H and O–H groups in total. The van der Waals surface area contributed by atoms with Crippen LogP contribution in [-0.2, 0) is 6.42 Å². The third kappa shape index (κ3) is 2.08.